The number of nitrogens with one attached hydrogen (secondary N) is 1. The fraction of sp³-hybridized carbons (Fsp3) is 0.200. The van der Waals surface area contributed by atoms with Crippen LogP contribution in [0, 0.1) is 25.7 Å². The molecule has 102 valence electrons. The summed E-state index contributed by atoms with van der Waals surface area (Å²) in [6.45, 7) is 3.96. The maximum atomic E-state index is 12.0. The van der Waals surface area contributed by atoms with Crippen molar-refractivity contribution in [2.24, 2.45) is 5.73 Å². The van der Waals surface area contributed by atoms with Gasteiger partial charge >= 0.3 is 0 Å². The number of rotatable bonds is 2. The van der Waals surface area contributed by atoms with Crippen molar-refractivity contribution in [3.05, 3.63) is 46.8 Å². The van der Waals surface area contributed by atoms with Gasteiger partial charge in [-0.05, 0) is 31.5 Å². The topological polar surface area (TPSA) is 81.2 Å². The maximum Gasteiger partial charge on any atom is 0.277 e. The SMILES string of the molecule is Cc1ccc(NC(=O)c2cc(C)on2)c(C#CCN)c1. The molecule has 1 aromatic carbocycles. The molecule has 5 nitrogen and oxygen atoms in total. The molecule has 1 heterocycles. The second-order valence-corrected chi connectivity index (χ2v) is 4.33. The van der Waals surface area contributed by atoms with E-state index in [1.54, 1.807) is 19.1 Å². The van der Waals surface area contributed by atoms with Crippen molar-refractivity contribution in [3.8, 4) is 11.8 Å². The summed E-state index contributed by atoms with van der Waals surface area (Å²) in [5.74, 6) is 5.98. The number of nitrogens with zero attached hydrogens (tertiary/aromatic N) is 1. The number of aromatic nitrogens is 1. The summed E-state index contributed by atoms with van der Waals surface area (Å²) >= 11 is 0. The van der Waals surface area contributed by atoms with Crippen LogP contribution in [0.2, 0.25) is 0 Å². The van der Waals surface area contributed by atoms with E-state index in [1.807, 2.05) is 19.1 Å². The Kier molecular flexibility index (Phi) is 4.18. The van der Waals surface area contributed by atoms with Crippen LogP contribution in [0.3, 0.4) is 0 Å². The van der Waals surface area contributed by atoms with Crippen molar-refractivity contribution in [1.82, 2.24) is 5.16 Å². The normalized spacial score (nSPS) is 9.75. The van der Waals surface area contributed by atoms with E-state index >= 15 is 0 Å². The zero-order valence-electron chi connectivity index (χ0n) is 11.4. The molecule has 2 rings (SSSR count). The van der Waals surface area contributed by atoms with Gasteiger partial charge < -0.3 is 15.6 Å². The number of carbonyl (C=O) groups is 1. The molecule has 0 spiro atoms. The third kappa shape index (κ3) is 3.25. The zero-order valence-corrected chi connectivity index (χ0v) is 11.4. The molecular weight excluding hydrogens is 254 g/mol. The van der Waals surface area contributed by atoms with Crippen LogP contribution in [0.4, 0.5) is 5.69 Å². The van der Waals surface area contributed by atoms with Crippen LogP contribution in [0.5, 0.6) is 0 Å². The summed E-state index contributed by atoms with van der Waals surface area (Å²) in [6, 6.07) is 7.18. The lowest BCUT2D eigenvalue weighted by atomic mass is 10.1. The van der Waals surface area contributed by atoms with Gasteiger partial charge in [-0.3, -0.25) is 4.79 Å². The van der Waals surface area contributed by atoms with Crippen molar-refractivity contribution in [2.45, 2.75) is 13.8 Å². The third-order valence-electron chi connectivity index (χ3n) is 2.61. The van der Waals surface area contributed by atoms with Crippen LogP contribution >= 0.6 is 0 Å². The quantitative estimate of drug-likeness (QED) is 0.815. The molecule has 0 radical (unpaired) electrons. The lowest BCUT2D eigenvalue weighted by Crippen LogP contribution is -2.13. The highest BCUT2D eigenvalue weighted by Crippen LogP contribution is 2.17. The first-order chi connectivity index (χ1) is 9.60. The molecule has 2 aromatic rings. The molecule has 0 aliphatic carbocycles. The average Bonchev–Trinajstić information content (AvgIpc) is 2.85. The average molecular weight is 269 g/mol. The van der Waals surface area contributed by atoms with Crippen LogP contribution in [0.25, 0.3) is 0 Å². The van der Waals surface area contributed by atoms with E-state index in [9.17, 15) is 4.79 Å². The predicted octanol–water partition coefficient (Wildman–Crippen LogP) is 1.85. The highest BCUT2D eigenvalue weighted by atomic mass is 16.5. The molecule has 5 heteroatoms. The number of carbonyl (C=O) groups excluding carboxylic acids is 1. The van der Waals surface area contributed by atoms with Crippen molar-refractivity contribution in [1.29, 1.82) is 0 Å². The molecule has 0 saturated heterocycles. The number of anilines is 1. The molecule has 1 amide bonds. The largest absolute Gasteiger partial charge is 0.361 e. The Labute approximate surface area is 117 Å². The van der Waals surface area contributed by atoms with E-state index in [2.05, 4.69) is 22.3 Å². The summed E-state index contributed by atoms with van der Waals surface area (Å²) in [7, 11) is 0. The second-order valence-electron chi connectivity index (χ2n) is 4.33. The molecule has 3 N–H and O–H groups in total. The number of benzene rings is 1. The van der Waals surface area contributed by atoms with Gasteiger partial charge in [-0.2, -0.15) is 0 Å². The summed E-state index contributed by atoms with van der Waals surface area (Å²) < 4.78 is 4.88. The number of hydrogen-bond acceptors (Lipinski definition) is 4. The first-order valence-corrected chi connectivity index (χ1v) is 6.14. The Bertz CT molecular complexity index is 693. The molecular formula is C15H15N3O2. The summed E-state index contributed by atoms with van der Waals surface area (Å²) in [4.78, 5) is 12.0. The molecule has 0 bridgehead atoms. The van der Waals surface area contributed by atoms with Gasteiger partial charge in [0.1, 0.15) is 5.76 Å². The number of amides is 1. The standard InChI is InChI=1S/C15H15N3O2/c1-10-5-6-13(12(8-10)4-3-7-16)17-15(19)14-9-11(2)20-18-14/h5-6,8-9H,7,16H2,1-2H3,(H,17,19). The van der Waals surface area contributed by atoms with Gasteiger partial charge in [0.25, 0.3) is 5.91 Å². The number of hydrogen-bond donors (Lipinski definition) is 2. The van der Waals surface area contributed by atoms with Gasteiger partial charge in [0, 0.05) is 11.6 Å². The van der Waals surface area contributed by atoms with Crippen molar-refractivity contribution in [3.63, 3.8) is 0 Å². The highest BCUT2D eigenvalue weighted by Gasteiger charge is 2.12. The van der Waals surface area contributed by atoms with Gasteiger partial charge in [0.15, 0.2) is 5.69 Å². The first-order valence-electron chi connectivity index (χ1n) is 6.14. The smallest absolute Gasteiger partial charge is 0.277 e. The molecule has 0 fully saturated rings. The molecule has 0 atom stereocenters. The fourth-order valence-electron chi connectivity index (χ4n) is 1.68. The van der Waals surface area contributed by atoms with Gasteiger partial charge in [-0.15, -0.1) is 0 Å². The number of aryl methyl sites for hydroxylation is 2. The van der Waals surface area contributed by atoms with Crippen LogP contribution in [-0.4, -0.2) is 17.6 Å². The third-order valence-corrected chi connectivity index (χ3v) is 2.61. The van der Waals surface area contributed by atoms with E-state index in [-0.39, 0.29) is 18.1 Å². The van der Waals surface area contributed by atoms with Crippen molar-refractivity contribution >= 4 is 11.6 Å². The maximum absolute atomic E-state index is 12.0. The first kappa shape index (κ1) is 13.8. The fourth-order valence-corrected chi connectivity index (χ4v) is 1.68. The number of nitrogens with two attached hydrogens (primary N) is 1. The minimum Gasteiger partial charge on any atom is -0.361 e. The molecule has 20 heavy (non-hydrogen) atoms. The molecule has 0 aliphatic rings. The van der Waals surface area contributed by atoms with Crippen molar-refractivity contribution < 1.29 is 9.32 Å². The zero-order chi connectivity index (χ0) is 14.5. The Hall–Kier alpha value is -2.58. The van der Waals surface area contributed by atoms with Gasteiger partial charge in [0.2, 0.25) is 0 Å². The van der Waals surface area contributed by atoms with E-state index < -0.39 is 0 Å². The summed E-state index contributed by atoms with van der Waals surface area (Å²) in [5.41, 5.74) is 8.02. The Balaban J connectivity index is 2.26. The molecule has 0 aliphatic heterocycles. The van der Waals surface area contributed by atoms with E-state index in [0.717, 1.165) is 11.1 Å². The van der Waals surface area contributed by atoms with Crippen LogP contribution in [-0.2, 0) is 0 Å². The van der Waals surface area contributed by atoms with Gasteiger partial charge in [0.05, 0.1) is 12.2 Å². The van der Waals surface area contributed by atoms with Crippen LogP contribution in [0.1, 0.15) is 27.4 Å². The van der Waals surface area contributed by atoms with Crippen LogP contribution < -0.4 is 11.1 Å². The monoisotopic (exact) mass is 269 g/mol. The molecule has 0 unspecified atom stereocenters. The van der Waals surface area contributed by atoms with Gasteiger partial charge in [-0.25, -0.2) is 0 Å². The van der Waals surface area contributed by atoms with Crippen molar-refractivity contribution in [2.75, 3.05) is 11.9 Å². The summed E-state index contributed by atoms with van der Waals surface area (Å²) in [5, 5.41) is 6.45. The second kappa shape index (κ2) is 6.04. The molecule has 1 aromatic heterocycles. The predicted molar refractivity (Wildman–Crippen MR) is 76.3 cm³/mol. The summed E-state index contributed by atoms with van der Waals surface area (Å²) in [6.07, 6.45) is 0. The Morgan fingerprint density at radius 3 is 2.85 bits per heavy atom. The Morgan fingerprint density at radius 2 is 2.20 bits per heavy atom. The highest BCUT2D eigenvalue weighted by molar-refractivity contribution is 6.03. The van der Waals surface area contributed by atoms with E-state index in [0.29, 0.717) is 11.4 Å². The van der Waals surface area contributed by atoms with Crippen LogP contribution in [0.15, 0.2) is 28.8 Å². The Morgan fingerprint density at radius 1 is 1.40 bits per heavy atom. The van der Waals surface area contributed by atoms with E-state index in [1.165, 1.54) is 0 Å². The lowest BCUT2D eigenvalue weighted by Gasteiger charge is -2.06. The minimum atomic E-state index is -0.332. The van der Waals surface area contributed by atoms with E-state index in [4.69, 9.17) is 10.3 Å². The minimum absolute atomic E-state index is 0.237. The lowest BCUT2D eigenvalue weighted by molar-refractivity contribution is 0.101. The molecule has 0 saturated carbocycles. The van der Waals surface area contributed by atoms with Gasteiger partial charge in [-0.1, -0.05) is 23.1 Å².